The van der Waals surface area contributed by atoms with Crippen LogP contribution in [0.5, 0.6) is 0 Å². The van der Waals surface area contributed by atoms with Crippen molar-refractivity contribution in [1.29, 1.82) is 0 Å². The van der Waals surface area contributed by atoms with Crippen molar-refractivity contribution in [1.82, 2.24) is 4.90 Å². The van der Waals surface area contributed by atoms with E-state index in [1.807, 2.05) is 35.2 Å². The molecule has 2 heterocycles. The van der Waals surface area contributed by atoms with Crippen molar-refractivity contribution in [3.8, 4) is 11.3 Å². The van der Waals surface area contributed by atoms with E-state index >= 15 is 0 Å². The zero-order chi connectivity index (χ0) is 17.4. The van der Waals surface area contributed by atoms with E-state index in [-0.39, 0.29) is 11.9 Å². The molecule has 1 aromatic carbocycles. The zero-order valence-electron chi connectivity index (χ0n) is 14.0. The molecule has 1 saturated heterocycles. The summed E-state index contributed by atoms with van der Waals surface area (Å²) in [6.45, 7) is 2.06. The number of benzene rings is 1. The monoisotopic (exact) mass is 369 g/mol. The SMILES string of the molecule is Cc1ccc(-c2ccc(C=C3SC(=S)N(C4CCCC4)C3=O)o2)cc1. The lowest BCUT2D eigenvalue weighted by molar-refractivity contribution is -0.123. The molecule has 0 spiro atoms. The van der Waals surface area contributed by atoms with Gasteiger partial charge in [0, 0.05) is 17.7 Å². The number of thiocarbonyl (C=S) groups is 1. The fraction of sp³-hybridized carbons (Fsp3) is 0.300. The molecule has 1 saturated carbocycles. The Bertz CT molecular complexity index is 845. The highest BCUT2D eigenvalue weighted by molar-refractivity contribution is 8.26. The van der Waals surface area contributed by atoms with Gasteiger partial charge in [-0.25, -0.2) is 0 Å². The minimum absolute atomic E-state index is 0.0233. The first-order valence-electron chi connectivity index (χ1n) is 8.56. The fourth-order valence-corrected chi connectivity index (χ4v) is 4.77. The molecule has 25 heavy (non-hydrogen) atoms. The molecule has 1 aromatic heterocycles. The Morgan fingerprint density at radius 3 is 2.60 bits per heavy atom. The highest BCUT2D eigenvalue weighted by atomic mass is 32.2. The van der Waals surface area contributed by atoms with E-state index in [0.29, 0.717) is 15.0 Å². The summed E-state index contributed by atoms with van der Waals surface area (Å²) >= 11 is 6.82. The van der Waals surface area contributed by atoms with Crippen molar-refractivity contribution < 1.29 is 9.21 Å². The van der Waals surface area contributed by atoms with Gasteiger partial charge in [0.15, 0.2) is 0 Å². The van der Waals surface area contributed by atoms with Crippen molar-refractivity contribution in [2.45, 2.75) is 38.6 Å². The normalized spacial score (nSPS) is 20.2. The highest BCUT2D eigenvalue weighted by Crippen LogP contribution is 2.38. The second-order valence-corrected chi connectivity index (χ2v) is 8.23. The van der Waals surface area contributed by atoms with Crippen LogP contribution in [0.1, 0.15) is 37.0 Å². The van der Waals surface area contributed by atoms with E-state index in [1.165, 1.54) is 30.2 Å². The van der Waals surface area contributed by atoms with Gasteiger partial charge in [-0.15, -0.1) is 0 Å². The minimum atomic E-state index is 0.0233. The van der Waals surface area contributed by atoms with Crippen molar-refractivity contribution in [2.24, 2.45) is 0 Å². The van der Waals surface area contributed by atoms with Crippen LogP contribution in [-0.4, -0.2) is 21.2 Å². The summed E-state index contributed by atoms with van der Waals surface area (Å²) in [6, 6.07) is 12.3. The summed E-state index contributed by atoms with van der Waals surface area (Å²) in [7, 11) is 0. The van der Waals surface area contributed by atoms with Gasteiger partial charge in [0.1, 0.15) is 15.8 Å². The second-order valence-electron chi connectivity index (χ2n) is 6.56. The zero-order valence-corrected chi connectivity index (χ0v) is 15.7. The standard InChI is InChI=1S/C20H19NO2S2/c1-13-6-8-14(9-7-13)17-11-10-16(23-17)12-18-19(22)21(20(24)25-18)15-4-2-3-5-15/h6-12,15H,2-5H2,1H3. The molecule has 3 nitrogen and oxygen atoms in total. The van der Waals surface area contributed by atoms with Crippen molar-refractivity contribution >= 4 is 40.3 Å². The molecule has 128 valence electrons. The topological polar surface area (TPSA) is 33.5 Å². The Morgan fingerprint density at radius 2 is 1.88 bits per heavy atom. The predicted octanol–water partition coefficient (Wildman–Crippen LogP) is 5.40. The van der Waals surface area contributed by atoms with Crippen molar-refractivity contribution in [2.75, 3.05) is 0 Å². The van der Waals surface area contributed by atoms with Crippen LogP contribution in [-0.2, 0) is 4.79 Å². The lowest BCUT2D eigenvalue weighted by atomic mass is 10.1. The number of thioether (sulfide) groups is 1. The summed E-state index contributed by atoms with van der Waals surface area (Å²) < 4.78 is 6.59. The first-order chi connectivity index (χ1) is 12.1. The molecule has 4 rings (SSSR count). The number of carbonyl (C=O) groups is 1. The van der Waals surface area contributed by atoms with Gasteiger partial charge >= 0.3 is 0 Å². The Kier molecular flexibility index (Phi) is 4.52. The van der Waals surface area contributed by atoms with E-state index in [1.54, 1.807) is 0 Å². The van der Waals surface area contributed by atoms with Crippen LogP contribution in [0.2, 0.25) is 0 Å². The maximum Gasteiger partial charge on any atom is 0.266 e. The van der Waals surface area contributed by atoms with E-state index in [0.717, 1.165) is 24.2 Å². The maximum absolute atomic E-state index is 12.7. The molecule has 1 amide bonds. The number of nitrogens with zero attached hydrogens (tertiary/aromatic N) is 1. The molecule has 0 N–H and O–H groups in total. The van der Waals surface area contributed by atoms with Gasteiger partial charge in [-0.3, -0.25) is 9.69 Å². The maximum atomic E-state index is 12.7. The van der Waals surface area contributed by atoms with Gasteiger partial charge in [-0.2, -0.15) is 0 Å². The Balaban J connectivity index is 1.56. The molecule has 2 fully saturated rings. The Labute approximate surface area is 157 Å². The van der Waals surface area contributed by atoms with E-state index in [9.17, 15) is 4.79 Å². The van der Waals surface area contributed by atoms with Crippen LogP contribution in [0.4, 0.5) is 0 Å². The van der Waals surface area contributed by atoms with E-state index in [4.69, 9.17) is 16.6 Å². The molecule has 0 atom stereocenters. The van der Waals surface area contributed by atoms with Gasteiger partial charge < -0.3 is 4.42 Å². The average Bonchev–Trinajstić information content (AvgIpc) is 3.31. The largest absolute Gasteiger partial charge is 0.457 e. The third-order valence-corrected chi connectivity index (χ3v) is 6.08. The molecular formula is C20H19NO2S2. The minimum Gasteiger partial charge on any atom is -0.457 e. The summed E-state index contributed by atoms with van der Waals surface area (Å²) in [5.41, 5.74) is 2.25. The quantitative estimate of drug-likeness (QED) is 0.536. The molecule has 1 aliphatic heterocycles. The molecule has 1 aliphatic carbocycles. The number of hydrogen-bond donors (Lipinski definition) is 0. The number of amides is 1. The average molecular weight is 370 g/mol. The van der Waals surface area contributed by atoms with Crippen LogP contribution >= 0.6 is 24.0 Å². The number of carbonyl (C=O) groups excluding carboxylic acids is 1. The Morgan fingerprint density at radius 1 is 1.16 bits per heavy atom. The molecule has 2 aromatic rings. The predicted molar refractivity (Wildman–Crippen MR) is 106 cm³/mol. The summed E-state index contributed by atoms with van der Waals surface area (Å²) in [6.07, 6.45) is 6.28. The molecule has 0 radical (unpaired) electrons. The summed E-state index contributed by atoms with van der Waals surface area (Å²) in [4.78, 5) is 15.2. The van der Waals surface area contributed by atoms with E-state index < -0.39 is 0 Å². The van der Waals surface area contributed by atoms with Crippen LogP contribution < -0.4 is 0 Å². The molecule has 0 bridgehead atoms. The molecular weight excluding hydrogens is 350 g/mol. The van der Waals surface area contributed by atoms with Gasteiger partial charge in [-0.05, 0) is 31.9 Å². The van der Waals surface area contributed by atoms with Gasteiger partial charge in [-0.1, -0.05) is 66.7 Å². The van der Waals surface area contributed by atoms with Crippen LogP contribution in [0.25, 0.3) is 17.4 Å². The third kappa shape index (κ3) is 3.31. The third-order valence-electron chi connectivity index (χ3n) is 4.75. The van der Waals surface area contributed by atoms with Crippen molar-refractivity contribution in [3.05, 3.63) is 52.6 Å². The molecule has 0 unspecified atom stereocenters. The van der Waals surface area contributed by atoms with Crippen LogP contribution in [0.3, 0.4) is 0 Å². The smallest absolute Gasteiger partial charge is 0.266 e. The molecule has 5 heteroatoms. The molecule has 2 aliphatic rings. The first kappa shape index (κ1) is 16.6. The van der Waals surface area contributed by atoms with E-state index in [2.05, 4.69) is 19.1 Å². The van der Waals surface area contributed by atoms with Crippen LogP contribution in [0, 0.1) is 6.92 Å². The van der Waals surface area contributed by atoms with Crippen molar-refractivity contribution in [3.63, 3.8) is 0 Å². The van der Waals surface area contributed by atoms with Gasteiger partial charge in [0.25, 0.3) is 5.91 Å². The first-order valence-corrected chi connectivity index (χ1v) is 9.78. The Hall–Kier alpha value is -1.85. The number of furan rings is 1. The number of rotatable bonds is 3. The number of aryl methyl sites for hydroxylation is 1. The number of hydrogen-bond acceptors (Lipinski definition) is 4. The highest BCUT2D eigenvalue weighted by Gasteiger charge is 2.38. The summed E-state index contributed by atoms with van der Waals surface area (Å²) in [5, 5.41) is 0. The van der Waals surface area contributed by atoms with Gasteiger partial charge in [0.2, 0.25) is 0 Å². The van der Waals surface area contributed by atoms with Gasteiger partial charge in [0.05, 0.1) is 4.91 Å². The lowest BCUT2D eigenvalue weighted by Gasteiger charge is -2.21. The summed E-state index contributed by atoms with van der Waals surface area (Å²) in [5.74, 6) is 1.51. The van der Waals surface area contributed by atoms with Crippen LogP contribution in [0.15, 0.2) is 45.7 Å². The lowest BCUT2D eigenvalue weighted by Crippen LogP contribution is -2.36. The fourth-order valence-electron chi connectivity index (χ4n) is 3.39. The second kappa shape index (κ2) is 6.81.